The number of hydrazine groups is 1. The number of carbonyl (C=O) groups excluding carboxylic acids is 6. The van der Waals surface area contributed by atoms with Crippen LogP contribution in [0, 0.1) is 11.2 Å². The number of nitrogens with one attached hydrogen (secondary N) is 6. The standard InChI is InChI=1S/C28H45FN10O7/c1-6-11-33-26(46)28(5,13-16-9-7-8-10-17(16)29)37-23(43)21(15(2)40)36-20(41)14-34-22(42)18(12-19(38-31)39-32)35-25(45)27(3,4)24(30)44/h7-10,15,18,21,40H,6,11-14,31-32H2,1-5H3,(H2,30,44)(H,33,46)(H,34,42)(H,35,45)(H,36,41)(H,37,43)(H,38,39)/t15-,18+,21+,28+/m1/s1. The lowest BCUT2D eigenvalue weighted by Gasteiger charge is -2.32. The van der Waals surface area contributed by atoms with E-state index in [0.29, 0.717) is 6.42 Å². The van der Waals surface area contributed by atoms with E-state index < -0.39 is 76.9 Å². The number of nitrogens with zero attached hydrogens (tertiary/aromatic N) is 1. The molecule has 256 valence electrons. The highest BCUT2D eigenvalue weighted by molar-refractivity contribution is 6.05. The van der Waals surface area contributed by atoms with Crippen molar-refractivity contribution in [1.29, 1.82) is 0 Å². The molecular formula is C28H45FN10O7. The molecule has 18 heteroatoms. The molecule has 13 N–H and O–H groups in total. The van der Waals surface area contributed by atoms with E-state index in [9.17, 15) is 38.3 Å². The minimum atomic E-state index is -1.71. The Hall–Kier alpha value is -4.84. The molecule has 0 fully saturated rings. The van der Waals surface area contributed by atoms with Crippen molar-refractivity contribution in [2.75, 3.05) is 13.1 Å². The van der Waals surface area contributed by atoms with E-state index in [2.05, 4.69) is 37.1 Å². The summed E-state index contributed by atoms with van der Waals surface area (Å²) < 4.78 is 14.5. The van der Waals surface area contributed by atoms with Gasteiger partial charge in [-0.1, -0.05) is 25.1 Å². The fourth-order valence-corrected chi connectivity index (χ4v) is 3.91. The minimum Gasteiger partial charge on any atom is -0.391 e. The summed E-state index contributed by atoms with van der Waals surface area (Å²) in [4.78, 5) is 76.5. The molecule has 0 aliphatic carbocycles. The molecule has 0 radical (unpaired) electrons. The van der Waals surface area contributed by atoms with Gasteiger partial charge >= 0.3 is 0 Å². The molecule has 6 amide bonds. The molecule has 1 aromatic rings. The van der Waals surface area contributed by atoms with E-state index in [1.807, 2.05) is 6.92 Å². The monoisotopic (exact) mass is 652 g/mol. The van der Waals surface area contributed by atoms with Gasteiger partial charge in [-0.3, -0.25) is 28.8 Å². The van der Waals surface area contributed by atoms with Crippen LogP contribution in [0.1, 0.15) is 53.0 Å². The third-order valence-electron chi connectivity index (χ3n) is 6.97. The Morgan fingerprint density at radius 2 is 1.63 bits per heavy atom. The van der Waals surface area contributed by atoms with Crippen LogP contribution in [-0.2, 0) is 35.2 Å². The van der Waals surface area contributed by atoms with Gasteiger partial charge in [-0.05, 0) is 45.7 Å². The number of hydrogen-bond acceptors (Lipinski definition) is 10. The first-order chi connectivity index (χ1) is 21.4. The molecule has 4 atom stereocenters. The van der Waals surface area contributed by atoms with Crippen LogP contribution in [0.4, 0.5) is 4.39 Å². The molecule has 1 aromatic carbocycles. The van der Waals surface area contributed by atoms with Gasteiger partial charge in [0.25, 0.3) is 0 Å². The number of nitrogens with two attached hydrogens (primary N) is 3. The van der Waals surface area contributed by atoms with Crippen LogP contribution in [0.2, 0.25) is 0 Å². The third kappa shape index (κ3) is 11.3. The quantitative estimate of drug-likeness (QED) is 0.0265. The highest BCUT2D eigenvalue weighted by Crippen LogP contribution is 2.18. The zero-order valence-corrected chi connectivity index (χ0v) is 26.5. The zero-order valence-electron chi connectivity index (χ0n) is 26.5. The van der Waals surface area contributed by atoms with Gasteiger partial charge in [-0.2, -0.15) is 5.10 Å². The molecule has 0 spiro atoms. The lowest BCUT2D eigenvalue weighted by molar-refractivity contribution is -0.141. The average molecular weight is 653 g/mol. The lowest BCUT2D eigenvalue weighted by Crippen LogP contribution is -2.64. The number of aliphatic hydroxyl groups is 1. The van der Waals surface area contributed by atoms with Crippen LogP contribution < -0.4 is 49.4 Å². The van der Waals surface area contributed by atoms with E-state index in [0.717, 1.165) is 0 Å². The number of rotatable bonds is 17. The predicted octanol–water partition coefficient (Wildman–Crippen LogP) is -3.13. The van der Waals surface area contributed by atoms with Crippen LogP contribution in [0.15, 0.2) is 29.4 Å². The Morgan fingerprint density at radius 3 is 2.15 bits per heavy atom. The van der Waals surface area contributed by atoms with Gasteiger partial charge in [0.05, 0.1) is 12.6 Å². The zero-order chi connectivity index (χ0) is 35.2. The maximum Gasteiger partial charge on any atom is 0.246 e. The SMILES string of the molecule is CCCNC(=O)[C@](C)(Cc1ccccc1F)NC(=O)[C@@H](NC(=O)CNC(=O)[C@H](C/C(=N/N)NN)NC(=O)C(C)(C)C(N)=O)[C@@H](C)O. The van der Waals surface area contributed by atoms with Crippen molar-refractivity contribution in [2.24, 2.45) is 27.9 Å². The molecule has 46 heavy (non-hydrogen) atoms. The van der Waals surface area contributed by atoms with Gasteiger partial charge in [0.15, 0.2) is 0 Å². The third-order valence-corrected chi connectivity index (χ3v) is 6.97. The molecule has 17 nitrogen and oxygen atoms in total. The number of aliphatic hydroxyl groups excluding tert-OH is 1. The average Bonchev–Trinajstić information content (AvgIpc) is 2.99. The summed E-state index contributed by atoms with van der Waals surface area (Å²) in [5.74, 6) is 4.51. The van der Waals surface area contributed by atoms with Crippen molar-refractivity contribution in [1.82, 2.24) is 32.0 Å². The molecule has 0 aliphatic rings. The number of hydrazone groups is 1. The van der Waals surface area contributed by atoms with Gasteiger partial charge in [-0.15, -0.1) is 0 Å². The van der Waals surface area contributed by atoms with Gasteiger partial charge in [0.2, 0.25) is 35.4 Å². The molecule has 0 heterocycles. The van der Waals surface area contributed by atoms with Crippen molar-refractivity contribution < 1.29 is 38.3 Å². The van der Waals surface area contributed by atoms with Crippen molar-refractivity contribution in [3.63, 3.8) is 0 Å². The van der Waals surface area contributed by atoms with Crippen molar-refractivity contribution in [3.8, 4) is 0 Å². The van der Waals surface area contributed by atoms with E-state index >= 15 is 0 Å². The molecular weight excluding hydrogens is 607 g/mol. The summed E-state index contributed by atoms with van der Waals surface area (Å²) in [6, 6.07) is 2.67. The second-order valence-electron chi connectivity index (χ2n) is 11.3. The summed E-state index contributed by atoms with van der Waals surface area (Å²) in [5, 5.41) is 25.7. The summed E-state index contributed by atoms with van der Waals surface area (Å²) in [6.07, 6.45) is -1.51. The number of carbonyl (C=O) groups is 6. The number of halogens is 1. The maximum atomic E-state index is 14.5. The first-order valence-corrected chi connectivity index (χ1v) is 14.4. The van der Waals surface area contributed by atoms with Crippen molar-refractivity contribution in [2.45, 2.75) is 77.6 Å². The lowest BCUT2D eigenvalue weighted by atomic mass is 9.90. The van der Waals surface area contributed by atoms with Gasteiger partial charge in [0, 0.05) is 19.4 Å². The highest BCUT2D eigenvalue weighted by Gasteiger charge is 2.39. The first kappa shape index (κ1) is 39.2. The second-order valence-corrected chi connectivity index (χ2v) is 11.3. The summed E-state index contributed by atoms with van der Waals surface area (Å²) in [5.41, 5.74) is 4.16. The highest BCUT2D eigenvalue weighted by atomic mass is 19.1. The summed E-state index contributed by atoms with van der Waals surface area (Å²) in [7, 11) is 0. The van der Waals surface area contributed by atoms with Crippen molar-refractivity contribution >= 4 is 41.3 Å². The molecule has 0 aromatic heterocycles. The first-order valence-electron chi connectivity index (χ1n) is 14.4. The largest absolute Gasteiger partial charge is 0.391 e. The molecule has 0 aliphatic heterocycles. The number of amidine groups is 1. The Labute approximate surface area is 266 Å². The van der Waals surface area contributed by atoms with E-state index in [4.69, 9.17) is 17.4 Å². The Morgan fingerprint density at radius 1 is 1.00 bits per heavy atom. The normalized spacial score (nSPS) is 14.8. The van der Waals surface area contributed by atoms with Crippen LogP contribution in [0.3, 0.4) is 0 Å². The van der Waals surface area contributed by atoms with E-state index in [1.165, 1.54) is 45.9 Å². The summed E-state index contributed by atoms with van der Waals surface area (Å²) >= 11 is 0. The minimum absolute atomic E-state index is 0.117. The molecule has 0 unspecified atom stereocenters. The fourth-order valence-electron chi connectivity index (χ4n) is 3.91. The van der Waals surface area contributed by atoms with Gasteiger partial charge in [0.1, 0.15) is 34.7 Å². The second kappa shape index (κ2) is 17.6. The van der Waals surface area contributed by atoms with E-state index in [-0.39, 0.29) is 30.8 Å². The Kier molecular flexibility index (Phi) is 15.0. The molecule has 0 bridgehead atoms. The van der Waals surface area contributed by atoms with Gasteiger partial charge < -0.3 is 48.7 Å². The Bertz CT molecular complexity index is 1310. The summed E-state index contributed by atoms with van der Waals surface area (Å²) in [6.45, 7) is 6.43. The Balaban J connectivity index is 3.10. The fraction of sp³-hybridized carbons (Fsp3) is 0.536. The maximum absolute atomic E-state index is 14.5. The van der Waals surface area contributed by atoms with Crippen LogP contribution in [0.5, 0.6) is 0 Å². The number of hydrogen-bond donors (Lipinski definition) is 10. The smallest absolute Gasteiger partial charge is 0.246 e. The van der Waals surface area contributed by atoms with Gasteiger partial charge in [-0.25, -0.2) is 10.2 Å². The number of benzene rings is 1. The van der Waals surface area contributed by atoms with Crippen LogP contribution >= 0.6 is 0 Å². The number of amides is 6. The van der Waals surface area contributed by atoms with Crippen LogP contribution in [0.25, 0.3) is 0 Å². The topological polar surface area (TPSA) is 285 Å². The predicted molar refractivity (Wildman–Crippen MR) is 165 cm³/mol. The number of primary amides is 1. The molecule has 1 rings (SSSR count). The van der Waals surface area contributed by atoms with Crippen molar-refractivity contribution in [3.05, 3.63) is 35.6 Å². The molecule has 0 saturated carbocycles. The molecule has 0 saturated heterocycles. The van der Waals surface area contributed by atoms with Crippen LogP contribution in [-0.4, -0.2) is 83.2 Å². The van der Waals surface area contributed by atoms with E-state index in [1.54, 1.807) is 6.07 Å².